The summed E-state index contributed by atoms with van der Waals surface area (Å²) in [6, 6.07) is 10.00. The number of fused-ring (bicyclic) bond motifs is 1. The molecule has 1 saturated carbocycles. The predicted octanol–water partition coefficient (Wildman–Crippen LogP) is 6.11. The summed E-state index contributed by atoms with van der Waals surface area (Å²) >= 11 is 0. The van der Waals surface area contributed by atoms with E-state index >= 15 is 0 Å². The number of allylic oxidation sites excluding steroid dienone is 2. The molecule has 0 amide bonds. The van der Waals surface area contributed by atoms with E-state index in [4.69, 9.17) is 4.52 Å². The minimum absolute atomic E-state index is 0.0292. The van der Waals surface area contributed by atoms with Gasteiger partial charge in [-0.05, 0) is 30.7 Å². The number of aryl methyl sites for hydroxylation is 1. The highest BCUT2D eigenvalue weighted by molar-refractivity contribution is 6.24. The summed E-state index contributed by atoms with van der Waals surface area (Å²) in [7, 11) is 0. The van der Waals surface area contributed by atoms with Gasteiger partial charge in [0.1, 0.15) is 11.5 Å². The molecule has 1 heterocycles. The molecular formula is C28H34N2O4. The Labute approximate surface area is 201 Å². The van der Waals surface area contributed by atoms with Gasteiger partial charge < -0.3 is 9.63 Å². The number of hydrogen-bond acceptors (Lipinski definition) is 6. The van der Waals surface area contributed by atoms with Crippen LogP contribution in [0.3, 0.4) is 0 Å². The zero-order valence-electron chi connectivity index (χ0n) is 20.0. The number of Topliss-reactive ketones (excluding diaryl/α,β-unsaturated/α-hetero) is 2. The van der Waals surface area contributed by atoms with Crippen molar-refractivity contribution in [1.29, 1.82) is 0 Å². The highest BCUT2D eigenvalue weighted by atomic mass is 16.5. The van der Waals surface area contributed by atoms with Crippen molar-refractivity contribution in [3.05, 3.63) is 64.2 Å². The number of carbonyl (C=O) groups is 2. The van der Waals surface area contributed by atoms with Crippen molar-refractivity contribution in [2.24, 2.45) is 4.99 Å². The zero-order chi connectivity index (χ0) is 23.9. The van der Waals surface area contributed by atoms with E-state index in [1.807, 2.05) is 30.3 Å². The lowest BCUT2D eigenvalue weighted by Gasteiger charge is -2.20. The Morgan fingerprint density at radius 1 is 1.09 bits per heavy atom. The number of nitrogens with zero attached hydrogens (tertiary/aromatic N) is 2. The Morgan fingerprint density at radius 3 is 2.71 bits per heavy atom. The summed E-state index contributed by atoms with van der Waals surface area (Å²) in [5, 5.41) is 15.0. The van der Waals surface area contributed by atoms with E-state index in [0.717, 1.165) is 37.0 Å². The summed E-state index contributed by atoms with van der Waals surface area (Å²) in [4.78, 5) is 30.2. The quantitative estimate of drug-likeness (QED) is 0.276. The van der Waals surface area contributed by atoms with Crippen molar-refractivity contribution in [2.45, 2.75) is 83.5 Å². The number of aliphatic imine (C=N–C) groups is 1. The van der Waals surface area contributed by atoms with Crippen LogP contribution in [0.4, 0.5) is 0 Å². The second-order valence-corrected chi connectivity index (χ2v) is 9.35. The molecule has 0 bridgehead atoms. The van der Waals surface area contributed by atoms with Gasteiger partial charge in [0, 0.05) is 44.4 Å². The molecule has 2 aliphatic rings. The van der Waals surface area contributed by atoms with Crippen LogP contribution < -0.4 is 0 Å². The maximum absolute atomic E-state index is 12.9. The van der Waals surface area contributed by atoms with Gasteiger partial charge >= 0.3 is 0 Å². The van der Waals surface area contributed by atoms with Crippen LogP contribution in [-0.4, -0.2) is 34.1 Å². The van der Waals surface area contributed by atoms with E-state index in [-0.39, 0.29) is 29.7 Å². The number of rotatable bonds is 9. The van der Waals surface area contributed by atoms with E-state index < -0.39 is 0 Å². The molecule has 1 fully saturated rings. The van der Waals surface area contributed by atoms with E-state index in [2.05, 4.69) is 17.1 Å². The Hall–Kier alpha value is -3.02. The van der Waals surface area contributed by atoms with Crippen LogP contribution in [0.5, 0.6) is 0 Å². The number of aliphatic hydroxyl groups excluding tert-OH is 1. The van der Waals surface area contributed by atoms with Crippen molar-refractivity contribution >= 4 is 17.3 Å². The van der Waals surface area contributed by atoms with Crippen LogP contribution in [0.25, 0.3) is 0 Å². The number of hydrogen-bond donors (Lipinski definition) is 1. The molecule has 2 aliphatic carbocycles. The van der Waals surface area contributed by atoms with Crippen LogP contribution in [-0.2, 0) is 17.6 Å². The molecule has 0 aliphatic heterocycles. The predicted molar refractivity (Wildman–Crippen MR) is 132 cm³/mol. The van der Waals surface area contributed by atoms with Crippen LogP contribution in [0.2, 0.25) is 0 Å². The molecule has 0 spiro atoms. The minimum Gasteiger partial charge on any atom is -0.511 e. The normalized spacial score (nSPS) is 21.1. The molecule has 4 rings (SSSR count). The van der Waals surface area contributed by atoms with Gasteiger partial charge in [0.2, 0.25) is 0 Å². The van der Waals surface area contributed by atoms with E-state index in [9.17, 15) is 14.7 Å². The lowest BCUT2D eigenvalue weighted by Crippen LogP contribution is -2.22. The van der Waals surface area contributed by atoms with Crippen molar-refractivity contribution in [3.63, 3.8) is 0 Å². The summed E-state index contributed by atoms with van der Waals surface area (Å²) < 4.78 is 5.56. The first-order valence-corrected chi connectivity index (χ1v) is 12.6. The number of aromatic nitrogens is 1. The van der Waals surface area contributed by atoms with E-state index in [0.29, 0.717) is 54.8 Å². The minimum atomic E-state index is -0.0416. The molecule has 1 unspecified atom stereocenters. The summed E-state index contributed by atoms with van der Waals surface area (Å²) in [6.07, 6.45) is 8.06. The van der Waals surface area contributed by atoms with Crippen LogP contribution in [0, 0.1) is 0 Å². The molecule has 1 N–H and O–H groups in total. The standard InChI is InChI=1S/C28H34N2O4/c1-2-3-4-8-16-29-21-12-9-13-23(31)27(21)24(32)15-14-22-28-25(33)17-20(18-26(28)34-30-22)19-10-6-5-7-11-19/h5-7,10-11,20,32H,2-4,8-9,12-18H2,1H3/b27-24-,29-21?. The molecule has 0 radical (unpaired) electrons. The molecule has 34 heavy (non-hydrogen) atoms. The van der Waals surface area contributed by atoms with Gasteiger partial charge in [-0.3, -0.25) is 14.6 Å². The van der Waals surface area contributed by atoms with Crippen LogP contribution >= 0.6 is 0 Å². The fraction of sp³-hybridized carbons (Fsp3) is 0.500. The molecule has 1 atom stereocenters. The van der Waals surface area contributed by atoms with Gasteiger partial charge in [-0.25, -0.2) is 0 Å². The first-order valence-electron chi connectivity index (χ1n) is 12.6. The monoisotopic (exact) mass is 462 g/mol. The van der Waals surface area contributed by atoms with Gasteiger partial charge in [0.05, 0.1) is 16.8 Å². The fourth-order valence-electron chi connectivity index (χ4n) is 5.00. The lowest BCUT2D eigenvalue weighted by atomic mass is 9.81. The Balaban J connectivity index is 1.45. The third kappa shape index (κ3) is 5.54. The second-order valence-electron chi connectivity index (χ2n) is 9.35. The fourth-order valence-corrected chi connectivity index (χ4v) is 5.00. The summed E-state index contributed by atoms with van der Waals surface area (Å²) in [5.41, 5.74) is 3.37. The first kappa shape index (κ1) is 24.1. The Kier molecular flexibility index (Phi) is 8.09. The maximum atomic E-state index is 12.9. The number of ketones is 2. The highest BCUT2D eigenvalue weighted by Crippen LogP contribution is 2.35. The summed E-state index contributed by atoms with van der Waals surface area (Å²) in [6.45, 7) is 2.86. The van der Waals surface area contributed by atoms with E-state index in [1.54, 1.807) is 0 Å². The number of unbranched alkanes of at least 4 members (excludes halogenated alkanes) is 3. The molecule has 0 saturated heterocycles. The Bertz CT molecular complexity index is 1080. The van der Waals surface area contributed by atoms with Crippen LogP contribution in [0.15, 0.2) is 51.2 Å². The number of aliphatic hydroxyl groups is 1. The van der Waals surface area contributed by atoms with Crippen molar-refractivity contribution in [1.82, 2.24) is 5.16 Å². The third-order valence-corrected chi connectivity index (χ3v) is 6.83. The van der Waals surface area contributed by atoms with Gasteiger partial charge in [0.15, 0.2) is 11.6 Å². The van der Waals surface area contributed by atoms with Crippen molar-refractivity contribution in [2.75, 3.05) is 6.54 Å². The van der Waals surface area contributed by atoms with Gasteiger partial charge in [-0.15, -0.1) is 0 Å². The lowest BCUT2D eigenvalue weighted by molar-refractivity contribution is -0.115. The van der Waals surface area contributed by atoms with E-state index in [1.165, 1.54) is 12.8 Å². The smallest absolute Gasteiger partial charge is 0.168 e. The third-order valence-electron chi connectivity index (χ3n) is 6.83. The number of carbonyl (C=O) groups excluding carboxylic acids is 2. The van der Waals surface area contributed by atoms with Gasteiger partial charge in [0.25, 0.3) is 0 Å². The molecule has 1 aromatic carbocycles. The number of benzene rings is 1. The van der Waals surface area contributed by atoms with Crippen molar-refractivity contribution in [3.8, 4) is 0 Å². The van der Waals surface area contributed by atoms with Crippen molar-refractivity contribution < 1.29 is 19.2 Å². The average Bonchev–Trinajstić information content (AvgIpc) is 3.26. The Morgan fingerprint density at radius 2 is 1.91 bits per heavy atom. The topological polar surface area (TPSA) is 92.8 Å². The SMILES string of the molecule is CCCCCCN=C1CCCC(=O)/C1=C(\O)CCc1noc2c1C(=O)CC(c1ccccc1)C2. The van der Waals surface area contributed by atoms with Gasteiger partial charge in [-0.1, -0.05) is 61.7 Å². The van der Waals surface area contributed by atoms with Gasteiger partial charge in [-0.2, -0.15) is 0 Å². The average molecular weight is 463 g/mol. The molecule has 6 heteroatoms. The molecule has 180 valence electrons. The molecule has 1 aromatic heterocycles. The zero-order valence-corrected chi connectivity index (χ0v) is 20.0. The molecular weight excluding hydrogens is 428 g/mol. The van der Waals surface area contributed by atoms with Crippen LogP contribution in [0.1, 0.15) is 98.0 Å². The summed E-state index contributed by atoms with van der Waals surface area (Å²) in [5.74, 6) is 0.754. The highest BCUT2D eigenvalue weighted by Gasteiger charge is 2.33. The maximum Gasteiger partial charge on any atom is 0.168 e. The first-order chi connectivity index (χ1) is 16.6. The molecule has 6 nitrogen and oxygen atoms in total. The molecule has 2 aromatic rings. The largest absolute Gasteiger partial charge is 0.511 e. The second kappa shape index (κ2) is 11.4.